The van der Waals surface area contributed by atoms with Crippen molar-refractivity contribution in [2.24, 2.45) is 5.92 Å². The molecule has 1 atom stereocenters. The van der Waals surface area contributed by atoms with E-state index < -0.39 is 0 Å². The quantitative estimate of drug-likeness (QED) is 0.783. The lowest BCUT2D eigenvalue weighted by Gasteiger charge is -2.25. The molecule has 0 amide bonds. The molecule has 16 heavy (non-hydrogen) atoms. The number of ether oxygens (including phenoxy) is 2. The first-order valence-electron chi connectivity index (χ1n) is 5.60. The Bertz CT molecular complexity index is 398. The Kier molecular flexibility index (Phi) is 3.13. The average molecular weight is 220 g/mol. The minimum absolute atomic E-state index is 0.00984. The number of hydrogen-bond donors (Lipinski definition) is 0. The number of carbonyl (C=O) groups is 1. The molecule has 1 aromatic rings. The molecule has 0 saturated heterocycles. The van der Waals surface area contributed by atoms with Crippen molar-refractivity contribution in [2.45, 2.75) is 20.3 Å². The predicted molar refractivity (Wildman–Crippen MR) is 61.0 cm³/mol. The molecule has 1 heterocycles. The van der Waals surface area contributed by atoms with Crippen molar-refractivity contribution in [3.05, 3.63) is 23.8 Å². The van der Waals surface area contributed by atoms with Crippen LogP contribution in [-0.2, 0) is 11.2 Å². The Labute approximate surface area is 95.4 Å². The highest BCUT2D eigenvalue weighted by molar-refractivity contribution is 5.79. The molecule has 1 aliphatic heterocycles. The van der Waals surface area contributed by atoms with Crippen LogP contribution < -0.4 is 9.47 Å². The average Bonchev–Trinajstić information content (AvgIpc) is 2.29. The van der Waals surface area contributed by atoms with Gasteiger partial charge >= 0.3 is 0 Å². The van der Waals surface area contributed by atoms with Crippen LogP contribution in [0.15, 0.2) is 18.2 Å². The standard InChI is InChI=1S/C13H16O3/c1-3-15-12-6-4-5-10-7-11(9(2)14)8-16-13(10)12/h4-6,11H,3,7-8H2,1-2H3. The van der Waals surface area contributed by atoms with E-state index in [4.69, 9.17) is 9.47 Å². The first kappa shape index (κ1) is 11.0. The monoisotopic (exact) mass is 220 g/mol. The molecule has 3 nitrogen and oxygen atoms in total. The topological polar surface area (TPSA) is 35.5 Å². The Morgan fingerprint density at radius 2 is 2.38 bits per heavy atom. The fraction of sp³-hybridized carbons (Fsp3) is 0.462. The van der Waals surface area contributed by atoms with Crippen LogP contribution in [0.25, 0.3) is 0 Å². The Morgan fingerprint density at radius 1 is 1.56 bits per heavy atom. The minimum atomic E-state index is -0.00984. The van der Waals surface area contributed by atoms with E-state index in [-0.39, 0.29) is 11.7 Å². The summed E-state index contributed by atoms with van der Waals surface area (Å²) in [4.78, 5) is 11.3. The van der Waals surface area contributed by atoms with Crippen molar-refractivity contribution in [3.8, 4) is 11.5 Å². The van der Waals surface area contributed by atoms with Gasteiger partial charge < -0.3 is 9.47 Å². The van der Waals surface area contributed by atoms with Crippen LogP contribution in [0.3, 0.4) is 0 Å². The van der Waals surface area contributed by atoms with Gasteiger partial charge in [-0.25, -0.2) is 0 Å². The summed E-state index contributed by atoms with van der Waals surface area (Å²) in [5, 5.41) is 0. The molecule has 1 unspecified atom stereocenters. The van der Waals surface area contributed by atoms with Crippen molar-refractivity contribution in [3.63, 3.8) is 0 Å². The van der Waals surface area contributed by atoms with E-state index in [1.165, 1.54) is 0 Å². The maximum absolute atomic E-state index is 11.3. The number of para-hydroxylation sites is 1. The highest BCUT2D eigenvalue weighted by Gasteiger charge is 2.25. The van der Waals surface area contributed by atoms with Gasteiger partial charge in [-0.05, 0) is 31.9 Å². The molecule has 1 aliphatic rings. The molecule has 1 aromatic carbocycles. The second-order valence-electron chi connectivity index (χ2n) is 4.00. The molecule has 0 bridgehead atoms. The summed E-state index contributed by atoms with van der Waals surface area (Å²) in [6, 6.07) is 5.83. The molecule has 0 radical (unpaired) electrons. The van der Waals surface area contributed by atoms with E-state index in [0.717, 1.165) is 23.5 Å². The van der Waals surface area contributed by atoms with E-state index in [0.29, 0.717) is 13.2 Å². The molecule has 86 valence electrons. The summed E-state index contributed by atoms with van der Waals surface area (Å²) in [7, 11) is 0. The van der Waals surface area contributed by atoms with Gasteiger partial charge in [0.2, 0.25) is 0 Å². The summed E-state index contributed by atoms with van der Waals surface area (Å²) in [5.74, 6) is 1.76. The van der Waals surface area contributed by atoms with Crippen molar-refractivity contribution in [2.75, 3.05) is 13.2 Å². The summed E-state index contributed by atoms with van der Waals surface area (Å²) in [5.41, 5.74) is 1.07. The van der Waals surface area contributed by atoms with Gasteiger partial charge in [0.1, 0.15) is 5.78 Å². The number of fused-ring (bicyclic) bond motifs is 1. The third kappa shape index (κ3) is 2.03. The Balaban J connectivity index is 2.26. The number of benzene rings is 1. The van der Waals surface area contributed by atoms with Gasteiger partial charge in [-0.1, -0.05) is 12.1 Å². The normalized spacial score (nSPS) is 18.5. The lowest BCUT2D eigenvalue weighted by Crippen LogP contribution is -2.26. The van der Waals surface area contributed by atoms with E-state index >= 15 is 0 Å². The van der Waals surface area contributed by atoms with Crippen LogP contribution >= 0.6 is 0 Å². The van der Waals surface area contributed by atoms with Gasteiger partial charge in [-0.15, -0.1) is 0 Å². The second-order valence-corrected chi connectivity index (χ2v) is 4.00. The number of Topliss-reactive ketones (excluding diaryl/α,β-unsaturated/α-hetero) is 1. The van der Waals surface area contributed by atoms with E-state index in [1.54, 1.807) is 6.92 Å². The largest absolute Gasteiger partial charge is 0.490 e. The maximum Gasteiger partial charge on any atom is 0.164 e. The fourth-order valence-corrected chi connectivity index (χ4v) is 1.92. The first-order chi connectivity index (χ1) is 7.72. The molecule has 0 aromatic heterocycles. The van der Waals surface area contributed by atoms with Gasteiger partial charge in [0.05, 0.1) is 19.1 Å². The number of rotatable bonds is 3. The molecular weight excluding hydrogens is 204 g/mol. The number of hydrogen-bond acceptors (Lipinski definition) is 3. The lowest BCUT2D eigenvalue weighted by molar-refractivity contribution is -0.121. The molecule has 3 heteroatoms. The number of carbonyl (C=O) groups excluding carboxylic acids is 1. The van der Waals surface area contributed by atoms with Crippen LogP contribution in [0.5, 0.6) is 11.5 Å². The summed E-state index contributed by atoms with van der Waals surface area (Å²) in [6.45, 7) is 4.65. The van der Waals surface area contributed by atoms with E-state index in [1.807, 2.05) is 25.1 Å². The van der Waals surface area contributed by atoms with Crippen LogP contribution in [0.1, 0.15) is 19.4 Å². The van der Waals surface area contributed by atoms with Crippen molar-refractivity contribution in [1.82, 2.24) is 0 Å². The zero-order chi connectivity index (χ0) is 11.5. The highest BCUT2D eigenvalue weighted by atomic mass is 16.5. The zero-order valence-electron chi connectivity index (χ0n) is 9.66. The van der Waals surface area contributed by atoms with Gasteiger partial charge in [0.25, 0.3) is 0 Å². The molecule has 0 spiro atoms. The van der Waals surface area contributed by atoms with Gasteiger partial charge in [-0.3, -0.25) is 4.79 Å². The summed E-state index contributed by atoms with van der Waals surface area (Å²) >= 11 is 0. The molecule has 0 saturated carbocycles. The molecule has 2 rings (SSSR count). The van der Waals surface area contributed by atoms with Crippen LogP contribution in [0.4, 0.5) is 0 Å². The van der Waals surface area contributed by atoms with Gasteiger partial charge in [-0.2, -0.15) is 0 Å². The second kappa shape index (κ2) is 4.56. The third-order valence-electron chi connectivity index (χ3n) is 2.83. The van der Waals surface area contributed by atoms with Crippen LogP contribution in [0.2, 0.25) is 0 Å². The maximum atomic E-state index is 11.3. The van der Waals surface area contributed by atoms with Crippen molar-refractivity contribution in [1.29, 1.82) is 0 Å². The Hall–Kier alpha value is -1.51. The summed E-state index contributed by atoms with van der Waals surface area (Å²) < 4.78 is 11.1. The number of ketones is 1. The van der Waals surface area contributed by atoms with E-state index in [2.05, 4.69) is 0 Å². The van der Waals surface area contributed by atoms with Crippen molar-refractivity contribution < 1.29 is 14.3 Å². The third-order valence-corrected chi connectivity index (χ3v) is 2.83. The van der Waals surface area contributed by atoms with Gasteiger partial charge in [0.15, 0.2) is 11.5 Å². The predicted octanol–water partition coefficient (Wildman–Crippen LogP) is 2.23. The smallest absolute Gasteiger partial charge is 0.164 e. The molecular formula is C13H16O3. The van der Waals surface area contributed by atoms with Crippen LogP contribution in [0, 0.1) is 5.92 Å². The van der Waals surface area contributed by atoms with Crippen molar-refractivity contribution >= 4 is 5.78 Å². The molecule has 0 N–H and O–H groups in total. The highest BCUT2D eigenvalue weighted by Crippen LogP contribution is 2.36. The van der Waals surface area contributed by atoms with E-state index in [9.17, 15) is 4.79 Å². The summed E-state index contributed by atoms with van der Waals surface area (Å²) in [6.07, 6.45) is 0.756. The van der Waals surface area contributed by atoms with Gasteiger partial charge in [0, 0.05) is 0 Å². The lowest BCUT2D eigenvalue weighted by atomic mass is 9.94. The SMILES string of the molecule is CCOc1cccc2c1OCC(C(C)=O)C2. The fourth-order valence-electron chi connectivity index (χ4n) is 1.92. The van der Waals surface area contributed by atoms with Crippen LogP contribution in [-0.4, -0.2) is 19.0 Å². The zero-order valence-corrected chi connectivity index (χ0v) is 9.66. The molecule has 0 aliphatic carbocycles. The molecule has 0 fully saturated rings. The minimum Gasteiger partial charge on any atom is -0.490 e. The first-order valence-corrected chi connectivity index (χ1v) is 5.60. The Morgan fingerprint density at radius 3 is 3.06 bits per heavy atom.